The summed E-state index contributed by atoms with van der Waals surface area (Å²) < 4.78 is 5.53. The third-order valence-corrected chi connectivity index (χ3v) is 5.10. The van der Waals surface area contributed by atoms with Crippen LogP contribution in [0, 0.1) is 5.92 Å². The van der Waals surface area contributed by atoms with Gasteiger partial charge < -0.3 is 15.4 Å². The summed E-state index contributed by atoms with van der Waals surface area (Å²) in [5.41, 5.74) is 1.17. The first-order valence-corrected chi connectivity index (χ1v) is 10.3. The van der Waals surface area contributed by atoms with Crippen LogP contribution in [0.1, 0.15) is 38.3 Å². The number of rotatable bonds is 11. The van der Waals surface area contributed by atoms with Gasteiger partial charge in [-0.3, -0.25) is 9.59 Å². The molecular weight excluding hydrogens is 364 g/mol. The van der Waals surface area contributed by atoms with Crippen LogP contribution in [-0.2, 0) is 19.7 Å². The van der Waals surface area contributed by atoms with Gasteiger partial charge in [-0.05, 0) is 17.0 Å². The number of nitrogens with one attached hydrogen (secondary N) is 2. The Hall–Kier alpha value is -2.66. The first kappa shape index (κ1) is 22.6. The average Bonchev–Trinajstić information content (AvgIpc) is 2.74. The van der Waals surface area contributed by atoms with Gasteiger partial charge in [-0.25, -0.2) is 0 Å². The molecule has 5 heteroatoms. The Morgan fingerprint density at radius 3 is 1.79 bits per heavy atom. The number of carbonyl (C=O) groups is 2. The number of ether oxygens (including phenoxy) is 1. The number of hydrogen-bond donors (Lipinski definition) is 2. The average molecular weight is 397 g/mol. The van der Waals surface area contributed by atoms with Crippen LogP contribution in [0.3, 0.4) is 0 Å². The molecule has 0 aliphatic carbocycles. The van der Waals surface area contributed by atoms with Crippen LogP contribution >= 0.6 is 0 Å². The number of benzene rings is 2. The lowest BCUT2D eigenvalue weighted by Crippen LogP contribution is -2.49. The third-order valence-electron chi connectivity index (χ3n) is 5.10. The second kappa shape index (κ2) is 11.4. The molecule has 0 saturated carbocycles. The summed E-state index contributed by atoms with van der Waals surface area (Å²) in [6.45, 7) is 7.67. The zero-order valence-electron chi connectivity index (χ0n) is 17.6. The molecule has 0 radical (unpaired) electrons. The zero-order chi connectivity index (χ0) is 21.1. The Labute approximate surface area is 173 Å². The Morgan fingerprint density at radius 2 is 1.34 bits per heavy atom. The van der Waals surface area contributed by atoms with Gasteiger partial charge in [-0.15, -0.1) is 0 Å². The molecule has 0 aromatic heterocycles. The van der Waals surface area contributed by atoms with Crippen LogP contribution in [0.15, 0.2) is 60.7 Å². The van der Waals surface area contributed by atoms with E-state index < -0.39 is 5.41 Å². The first-order chi connectivity index (χ1) is 14.0. The molecule has 2 amide bonds. The summed E-state index contributed by atoms with van der Waals surface area (Å²) in [5, 5.41) is 5.82. The molecular formula is C24H32N2O3. The molecule has 2 rings (SSSR count). The van der Waals surface area contributed by atoms with Crippen LogP contribution in [-0.4, -0.2) is 38.1 Å². The molecule has 0 bridgehead atoms. The molecule has 2 aromatic rings. The standard InChI is InChI=1S/C24H32N2O3/c1-4-22(27)25-15-17-29-18-16-26-23(28)24(19(2)3,20-11-7-5-8-12-20)21-13-9-6-10-14-21/h5-14,19H,4,15-18H2,1-3H3,(H,25,27)(H,26,28). The summed E-state index contributed by atoms with van der Waals surface area (Å²) in [4.78, 5) is 24.7. The van der Waals surface area contributed by atoms with E-state index in [-0.39, 0.29) is 17.7 Å². The highest BCUT2D eigenvalue weighted by Crippen LogP contribution is 2.39. The summed E-state index contributed by atoms with van der Waals surface area (Å²) in [5.74, 6) is 0.0274. The fourth-order valence-electron chi connectivity index (χ4n) is 3.63. The zero-order valence-corrected chi connectivity index (χ0v) is 17.6. The number of amides is 2. The van der Waals surface area contributed by atoms with Gasteiger partial charge >= 0.3 is 0 Å². The Kier molecular flexibility index (Phi) is 8.87. The lowest BCUT2D eigenvalue weighted by Gasteiger charge is -2.37. The van der Waals surface area contributed by atoms with Gasteiger partial charge in [0.25, 0.3) is 0 Å². The lowest BCUT2D eigenvalue weighted by atomic mass is 9.66. The van der Waals surface area contributed by atoms with E-state index in [4.69, 9.17) is 4.74 Å². The van der Waals surface area contributed by atoms with Crippen molar-refractivity contribution in [1.29, 1.82) is 0 Å². The fraction of sp³-hybridized carbons (Fsp3) is 0.417. The van der Waals surface area contributed by atoms with E-state index in [0.29, 0.717) is 32.7 Å². The van der Waals surface area contributed by atoms with E-state index in [1.54, 1.807) is 0 Å². The Morgan fingerprint density at radius 1 is 0.862 bits per heavy atom. The predicted octanol–water partition coefficient (Wildman–Crippen LogP) is 3.29. The molecule has 0 unspecified atom stereocenters. The van der Waals surface area contributed by atoms with E-state index in [1.165, 1.54) is 0 Å². The smallest absolute Gasteiger partial charge is 0.235 e. The van der Waals surface area contributed by atoms with Crippen molar-refractivity contribution in [3.8, 4) is 0 Å². The van der Waals surface area contributed by atoms with Crippen LogP contribution < -0.4 is 10.6 Å². The minimum Gasteiger partial charge on any atom is -0.378 e. The molecule has 0 heterocycles. The molecule has 5 nitrogen and oxygen atoms in total. The van der Waals surface area contributed by atoms with Crippen LogP contribution in [0.25, 0.3) is 0 Å². The normalized spacial score (nSPS) is 11.3. The van der Waals surface area contributed by atoms with Crippen molar-refractivity contribution in [2.24, 2.45) is 5.92 Å². The Bertz CT molecular complexity index is 721. The Balaban J connectivity index is 2.08. The van der Waals surface area contributed by atoms with Crippen molar-refractivity contribution >= 4 is 11.8 Å². The van der Waals surface area contributed by atoms with Crippen molar-refractivity contribution in [2.45, 2.75) is 32.6 Å². The molecule has 0 saturated heterocycles. The molecule has 2 aromatic carbocycles. The molecule has 0 aliphatic rings. The largest absolute Gasteiger partial charge is 0.378 e. The van der Waals surface area contributed by atoms with Gasteiger partial charge in [-0.1, -0.05) is 81.4 Å². The highest BCUT2D eigenvalue weighted by Gasteiger charge is 2.44. The SMILES string of the molecule is CCC(=O)NCCOCCNC(=O)C(c1ccccc1)(c1ccccc1)C(C)C. The highest BCUT2D eigenvalue weighted by atomic mass is 16.5. The van der Waals surface area contributed by atoms with E-state index >= 15 is 0 Å². The second-order valence-electron chi connectivity index (χ2n) is 7.27. The molecule has 29 heavy (non-hydrogen) atoms. The van der Waals surface area contributed by atoms with E-state index in [9.17, 15) is 9.59 Å². The first-order valence-electron chi connectivity index (χ1n) is 10.3. The summed E-state index contributed by atoms with van der Waals surface area (Å²) in [6, 6.07) is 19.9. The monoisotopic (exact) mass is 396 g/mol. The van der Waals surface area contributed by atoms with Crippen molar-refractivity contribution in [2.75, 3.05) is 26.3 Å². The van der Waals surface area contributed by atoms with E-state index in [1.807, 2.05) is 67.6 Å². The molecule has 0 fully saturated rings. The predicted molar refractivity (Wildman–Crippen MR) is 116 cm³/mol. The van der Waals surface area contributed by atoms with Gasteiger partial charge in [0.05, 0.1) is 13.2 Å². The maximum Gasteiger partial charge on any atom is 0.235 e. The van der Waals surface area contributed by atoms with E-state index in [0.717, 1.165) is 11.1 Å². The van der Waals surface area contributed by atoms with Gasteiger partial charge in [0.15, 0.2) is 0 Å². The number of hydrogen-bond acceptors (Lipinski definition) is 3. The van der Waals surface area contributed by atoms with Crippen molar-refractivity contribution in [3.63, 3.8) is 0 Å². The van der Waals surface area contributed by atoms with Crippen molar-refractivity contribution < 1.29 is 14.3 Å². The van der Waals surface area contributed by atoms with Gasteiger partial charge in [-0.2, -0.15) is 0 Å². The minimum atomic E-state index is -0.780. The number of carbonyl (C=O) groups excluding carboxylic acids is 2. The van der Waals surface area contributed by atoms with Gasteiger partial charge in [0.2, 0.25) is 11.8 Å². The summed E-state index contributed by atoms with van der Waals surface area (Å²) >= 11 is 0. The van der Waals surface area contributed by atoms with Gasteiger partial charge in [0.1, 0.15) is 5.41 Å². The topological polar surface area (TPSA) is 67.4 Å². The molecule has 0 atom stereocenters. The van der Waals surface area contributed by atoms with Crippen molar-refractivity contribution in [1.82, 2.24) is 10.6 Å². The molecule has 0 aliphatic heterocycles. The maximum absolute atomic E-state index is 13.5. The minimum absolute atomic E-state index is 0.00865. The molecule has 2 N–H and O–H groups in total. The quantitative estimate of drug-likeness (QED) is 0.573. The third kappa shape index (κ3) is 5.67. The second-order valence-corrected chi connectivity index (χ2v) is 7.27. The maximum atomic E-state index is 13.5. The van der Waals surface area contributed by atoms with Crippen molar-refractivity contribution in [3.05, 3.63) is 71.8 Å². The van der Waals surface area contributed by atoms with Crippen LogP contribution in [0.2, 0.25) is 0 Å². The summed E-state index contributed by atoms with van der Waals surface area (Å²) in [6.07, 6.45) is 0.465. The lowest BCUT2D eigenvalue weighted by molar-refractivity contribution is -0.127. The summed E-state index contributed by atoms with van der Waals surface area (Å²) in [7, 11) is 0. The highest BCUT2D eigenvalue weighted by molar-refractivity contribution is 5.92. The van der Waals surface area contributed by atoms with Crippen LogP contribution in [0.4, 0.5) is 0 Å². The van der Waals surface area contributed by atoms with Gasteiger partial charge in [0, 0.05) is 19.5 Å². The fourth-order valence-corrected chi connectivity index (χ4v) is 3.63. The van der Waals surface area contributed by atoms with Crippen LogP contribution in [0.5, 0.6) is 0 Å². The molecule has 0 spiro atoms. The van der Waals surface area contributed by atoms with E-state index in [2.05, 4.69) is 24.5 Å². The molecule has 156 valence electrons.